The third kappa shape index (κ3) is 4.17. The van der Waals surface area contributed by atoms with Gasteiger partial charge in [0.05, 0.1) is 18.8 Å². The second kappa shape index (κ2) is 7.05. The van der Waals surface area contributed by atoms with Crippen LogP contribution in [0.4, 0.5) is 0 Å². The molecule has 0 saturated carbocycles. The lowest BCUT2D eigenvalue weighted by molar-refractivity contribution is -0.137. The van der Waals surface area contributed by atoms with Gasteiger partial charge in [0, 0.05) is 12.1 Å². The summed E-state index contributed by atoms with van der Waals surface area (Å²) in [7, 11) is 2.18. The SMILES string of the molecule is CCCCCCCCC1(O)CC2COCC(C1)N2C. The van der Waals surface area contributed by atoms with Crippen LogP contribution in [0.2, 0.25) is 0 Å². The topological polar surface area (TPSA) is 32.7 Å². The highest BCUT2D eigenvalue weighted by atomic mass is 16.5. The predicted molar refractivity (Wildman–Crippen MR) is 78.3 cm³/mol. The van der Waals surface area contributed by atoms with Gasteiger partial charge in [-0.3, -0.25) is 4.90 Å². The van der Waals surface area contributed by atoms with E-state index in [9.17, 15) is 5.11 Å². The quantitative estimate of drug-likeness (QED) is 0.721. The van der Waals surface area contributed by atoms with Crippen molar-refractivity contribution in [3.05, 3.63) is 0 Å². The van der Waals surface area contributed by atoms with Crippen LogP contribution in [0, 0.1) is 0 Å². The lowest BCUT2D eigenvalue weighted by Gasteiger charge is -2.50. The number of hydrogen-bond donors (Lipinski definition) is 1. The van der Waals surface area contributed by atoms with Crippen LogP contribution in [-0.2, 0) is 4.74 Å². The maximum absolute atomic E-state index is 10.8. The van der Waals surface area contributed by atoms with Crippen LogP contribution in [0.15, 0.2) is 0 Å². The molecular formula is C16H31NO2. The zero-order valence-electron chi connectivity index (χ0n) is 12.7. The molecule has 0 aromatic carbocycles. The van der Waals surface area contributed by atoms with E-state index in [2.05, 4.69) is 18.9 Å². The number of rotatable bonds is 7. The molecule has 2 aliphatic heterocycles. The van der Waals surface area contributed by atoms with Crippen molar-refractivity contribution in [2.24, 2.45) is 0 Å². The summed E-state index contributed by atoms with van der Waals surface area (Å²) in [5.74, 6) is 0. The van der Waals surface area contributed by atoms with E-state index in [1.165, 1.54) is 38.5 Å². The second-order valence-electron chi connectivity index (χ2n) is 6.66. The van der Waals surface area contributed by atoms with Crippen molar-refractivity contribution in [3.63, 3.8) is 0 Å². The van der Waals surface area contributed by atoms with Gasteiger partial charge in [-0.2, -0.15) is 0 Å². The molecule has 2 fully saturated rings. The van der Waals surface area contributed by atoms with Crippen LogP contribution in [-0.4, -0.2) is 48.0 Å². The van der Waals surface area contributed by atoms with Crippen LogP contribution in [0.1, 0.15) is 64.7 Å². The van der Waals surface area contributed by atoms with E-state index in [1.54, 1.807) is 0 Å². The van der Waals surface area contributed by atoms with Gasteiger partial charge in [0.25, 0.3) is 0 Å². The highest BCUT2D eigenvalue weighted by Gasteiger charge is 2.43. The van der Waals surface area contributed by atoms with Gasteiger partial charge in [0.15, 0.2) is 0 Å². The number of likely N-dealkylation sites (N-methyl/N-ethyl adjacent to an activating group) is 1. The van der Waals surface area contributed by atoms with Crippen LogP contribution >= 0.6 is 0 Å². The maximum atomic E-state index is 10.8. The Morgan fingerprint density at radius 2 is 1.63 bits per heavy atom. The van der Waals surface area contributed by atoms with E-state index in [4.69, 9.17) is 4.74 Å². The molecule has 2 aliphatic rings. The molecule has 0 aromatic rings. The molecule has 0 aromatic heterocycles. The monoisotopic (exact) mass is 269 g/mol. The van der Waals surface area contributed by atoms with E-state index in [0.717, 1.165) is 32.5 Å². The Morgan fingerprint density at radius 3 is 2.26 bits per heavy atom. The van der Waals surface area contributed by atoms with Gasteiger partial charge in [-0.1, -0.05) is 45.4 Å². The van der Waals surface area contributed by atoms with Gasteiger partial charge in [-0.25, -0.2) is 0 Å². The summed E-state index contributed by atoms with van der Waals surface area (Å²) in [5.41, 5.74) is -0.420. The van der Waals surface area contributed by atoms with Gasteiger partial charge < -0.3 is 9.84 Å². The van der Waals surface area contributed by atoms with E-state index >= 15 is 0 Å². The molecule has 1 N–H and O–H groups in total. The van der Waals surface area contributed by atoms with E-state index in [0.29, 0.717) is 12.1 Å². The van der Waals surface area contributed by atoms with E-state index in [-0.39, 0.29) is 0 Å². The summed E-state index contributed by atoms with van der Waals surface area (Å²) < 4.78 is 5.62. The average Bonchev–Trinajstić information content (AvgIpc) is 2.36. The molecule has 2 heterocycles. The lowest BCUT2D eigenvalue weighted by Crippen LogP contribution is -2.60. The van der Waals surface area contributed by atoms with Crippen LogP contribution < -0.4 is 0 Å². The third-order valence-corrected chi connectivity index (χ3v) is 5.00. The molecule has 0 amide bonds. The van der Waals surface area contributed by atoms with Gasteiger partial charge in [0.2, 0.25) is 0 Å². The van der Waals surface area contributed by atoms with Gasteiger partial charge in [0.1, 0.15) is 0 Å². The van der Waals surface area contributed by atoms with Crippen molar-refractivity contribution in [2.75, 3.05) is 20.3 Å². The molecule has 0 spiro atoms. The molecule has 2 rings (SSSR count). The number of fused-ring (bicyclic) bond motifs is 2. The smallest absolute Gasteiger partial charge is 0.0679 e. The molecule has 2 bridgehead atoms. The minimum Gasteiger partial charge on any atom is -0.390 e. The first kappa shape index (κ1) is 15.3. The fourth-order valence-corrected chi connectivity index (χ4v) is 3.68. The number of hydrogen-bond acceptors (Lipinski definition) is 3. The van der Waals surface area contributed by atoms with Gasteiger partial charge in [-0.05, 0) is 26.3 Å². The van der Waals surface area contributed by atoms with Crippen molar-refractivity contribution in [1.29, 1.82) is 0 Å². The zero-order chi connectivity index (χ0) is 13.7. The van der Waals surface area contributed by atoms with Crippen molar-refractivity contribution >= 4 is 0 Å². The summed E-state index contributed by atoms with van der Waals surface area (Å²) in [5, 5.41) is 10.8. The summed E-state index contributed by atoms with van der Waals surface area (Å²) in [6.45, 7) is 3.85. The molecular weight excluding hydrogens is 238 g/mol. The normalized spacial score (nSPS) is 35.5. The molecule has 0 aliphatic carbocycles. The predicted octanol–water partition coefficient (Wildman–Crippen LogP) is 2.96. The van der Waals surface area contributed by atoms with E-state index in [1.807, 2.05) is 0 Å². The highest BCUT2D eigenvalue weighted by molar-refractivity contribution is 4.97. The van der Waals surface area contributed by atoms with Crippen molar-refractivity contribution in [2.45, 2.75) is 82.4 Å². The molecule has 0 radical (unpaired) electrons. The lowest BCUT2D eigenvalue weighted by atomic mass is 9.78. The minimum atomic E-state index is -0.420. The number of morpholine rings is 1. The molecule has 3 heteroatoms. The fourth-order valence-electron chi connectivity index (χ4n) is 3.68. The minimum absolute atomic E-state index is 0.420. The average molecular weight is 269 g/mol. The number of unbranched alkanes of at least 4 members (excludes halogenated alkanes) is 5. The molecule has 112 valence electrons. The van der Waals surface area contributed by atoms with Crippen molar-refractivity contribution in [3.8, 4) is 0 Å². The first-order valence-corrected chi connectivity index (χ1v) is 8.17. The molecule has 2 saturated heterocycles. The standard InChI is InChI=1S/C16H31NO2/c1-3-4-5-6-7-8-9-16(18)10-14-12-19-13-15(11-16)17(14)2/h14-15,18H,3-13H2,1-2H3. The van der Waals surface area contributed by atoms with Crippen molar-refractivity contribution in [1.82, 2.24) is 4.90 Å². The summed E-state index contributed by atoms with van der Waals surface area (Å²) in [6.07, 6.45) is 10.6. The summed E-state index contributed by atoms with van der Waals surface area (Å²) in [6, 6.07) is 0.857. The Kier molecular flexibility index (Phi) is 5.67. The van der Waals surface area contributed by atoms with E-state index < -0.39 is 5.60 Å². The second-order valence-corrected chi connectivity index (χ2v) is 6.66. The van der Waals surface area contributed by atoms with Crippen LogP contribution in [0.5, 0.6) is 0 Å². The van der Waals surface area contributed by atoms with Crippen molar-refractivity contribution < 1.29 is 9.84 Å². The highest BCUT2D eigenvalue weighted by Crippen LogP contribution is 2.36. The molecule has 2 unspecified atom stereocenters. The van der Waals surface area contributed by atoms with Crippen LogP contribution in [0.3, 0.4) is 0 Å². The fraction of sp³-hybridized carbons (Fsp3) is 1.00. The number of aliphatic hydroxyl groups is 1. The first-order valence-electron chi connectivity index (χ1n) is 8.17. The molecule has 2 atom stereocenters. The Morgan fingerprint density at radius 1 is 1.05 bits per heavy atom. The van der Waals surface area contributed by atoms with Crippen LogP contribution in [0.25, 0.3) is 0 Å². The van der Waals surface area contributed by atoms with Gasteiger partial charge in [-0.15, -0.1) is 0 Å². The molecule has 3 nitrogen and oxygen atoms in total. The Labute approximate surface area is 118 Å². The Bertz CT molecular complexity index is 255. The Balaban J connectivity index is 1.70. The number of nitrogens with zero attached hydrogens (tertiary/aromatic N) is 1. The number of piperidine rings is 1. The largest absolute Gasteiger partial charge is 0.390 e. The zero-order valence-corrected chi connectivity index (χ0v) is 12.7. The molecule has 19 heavy (non-hydrogen) atoms. The summed E-state index contributed by atoms with van der Waals surface area (Å²) in [4.78, 5) is 2.42. The third-order valence-electron chi connectivity index (χ3n) is 5.00. The number of ether oxygens (including phenoxy) is 1. The van der Waals surface area contributed by atoms with Gasteiger partial charge >= 0.3 is 0 Å². The summed E-state index contributed by atoms with van der Waals surface area (Å²) >= 11 is 0. The Hall–Kier alpha value is -0.120. The first-order chi connectivity index (χ1) is 9.14. The maximum Gasteiger partial charge on any atom is 0.0679 e.